The summed E-state index contributed by atoms with van der Waals surface area (Å²) in [4.78, 5) is 15.3. The van der Waals surface area contributed by atoms with E-state index in [1.165, 1.54) is 6.07 Å². The number of benzene rings is 1. The molecule has 0 spiro atoms. The lowest BCUT2D eigenvalue weighted by molar-refractivity contribution is 0.100. The number of carbonyl (C=O) groups is 1. The number of aromatic hydroxyl groups is 1. The molecule has 0 fully saturated rings. The summed E-state index contributed by atoms with van der Waals surface area (Å²) in [6.45, 7) is 0.286. The Bertz CT molecular complexity index is 613. The monoisotopic (exact) mass is 258 g/mol. The Labute approximate surface area is 110 Å². The van der Waals surface area contributed by atoms with Crippen LogP contribution in [0.2, 0.25) is 0 Å². The first-order valence-corrected chi connectivity index (χ1v) is 5.64. The van der Waals surface area contributed by atoms with Crippen molar-refractivity contribution in [3.63, 3.8) is 0 Å². The second-order valence-electron chi connectivity index (χ2n) is 4.01. The molecule has 0 saturated heterocycles. The van der Waals surface area contributed by atoms with Gasteiger partial charge in [0.25, 0.3) is 5.91 Å². The molecule has 0 unspecified atom stereocenters. The fraction of sp³-hybridized carbons (Fsp3) is 0.0769. The molecule has 0 aliphatic rings. The molecular formula is C13H14N4O2. The molecule has 1 aromatic heterocycles. The van der Waals surface area contributed by atoms with Crippen LogP contribution in [-0.2, 0) is 6.54 Å². The number of rotatable bonds is 4. The summed E-state index contributed by atoms with van der Waals surface area (Å²) in [5.41, 5.74) is 12.4. The van der Waals surface area contributed by atoms with Crippen LogP contribution in [0.25, 0.3) is 0 Å². The Morgan fingerprint density at radius 1 is 1.37 bits per heavy atom. The fourth-order valence-corrected chi connectivity index (χ4v) is 1.67. The number of hydrogen-bond donors (Lipinski definition) is 4. The van der Waals surface area contributed by atoms with Gasteiger partial charge in [0.1, 0.15) is 11.6 Å². The molecule has 2 aromatic rings. The standard InChI is InChI=1S/C13H14N4O2/c14-9-3-4-11(18)8(6-9)7-17-13-10(12(15)19)2-1-5-16-13/h1-6,18H,7,14H2,(H2,15,19)(H,16,17). The highest BCUT2D eigenvalue weighted by molar-refractivity contribution is 5.97. The van der Waals surface area contributed by atoms with E-state index in [0.29, 0.717) is 22.6 Å². The van der Waals surface area contributed by atoms with Crippen molar-refractivity contribution in [3.8, 4) is 5.75 Å². The first-order chi connectivity index (χ1) is 9.08. The van der Waals surface area contributed by atoms with Crippen LogP contribution in [0.5, 0.6) is 5.75 Å². The molecule has 0 aliphatic heterocycles. The predicted molar refractivity (Wildman–Crippen MR) is 72.6 cm³/mol. The summed E-state index contributed by atoms with van der Waals surface area (Å²) < 4.78 is 0. The SMILES string of the molecule is NC(=O)c1cccnc1NCc1cc(N)ccc1O. The first kappa shape index (κ1) is 12.7. The maximum Gasteiger partial charge on any atom is 0.252 e. The van der Waals surface area contributed by atoms with E-state index in [1.807, 2.05) is 0 Å². The van der Waals surface area contributed by atoms with Gasteiger partial charge in [0.05, 0.1) is 5.56 Å². The summed E-state index contributed by atoms with van der Waals surface area (Å²) >= 11 is 0. The predicted octanol–water partition coefficient (Wildman–Crippen LogP) is 1.08. The van der Waals surface area contributed by atoms with Crippen molar-refractivity contribution in [2.45, 2.75) is 6.54 Å². The third-order valence-electron chi connectivity index (χ3n) is 2.62. The zero-order valence-corrected chi connectivity index (χ0v) is 10.1. The van der Waals surface area contributed by atoms with Gasteiger partial charge in [-0.15, -0.1) is 0 Å². The first-order valence-electron chi connectivity index (χ1n) is 5.64. The van der Waals surface area contributed by atoms with Gasteiger partial charge in [-0.2, -0.15) is 0 Å². The van der Waals surface area contributed by atoms with E-state index in [2.05, 4.69) is 10.3 Å². The third-order valence-corrected chi connectivity index (χ3v) is 2.62. The summed E-state index contributed by atoms with van der Waals surface area (Å²) in [5.74, 6) is -0.0671. The van der Waals surface area contributed by atoms with E-state index in [9.17, 15) is 9.90 Å². The smallest absolute Gasteiger partial charge is 0.252 e. The third kappa shape index (κ3) is 2.92. The van der Waals surface area contributed by atoms with Gasteiger partial charge < -0.3 is 21.9 Å². The molecule has 1 aromatic carbocycles. The number of amides is 1. The molecule has 0 atom stereocenters. The molecule has 6 nitrogen and oxygen atoms in total. The molecule has 0 radical (unpaired) electrons. The average Bonchev–Trinajstić information content (AvgIpc) is 2.40. The minimum Gasteiger partial charge on any atom is -0.508 e. The van der Waals surface area contributed by atoms with Gasteiger partial charge in [0.2, 0.25) is 0 Å². The van der Waals surface area contributed by atoms with Crippen LogP contribution in [0.3, 0.4) is 0 Å². The van der Waals surface area contributed by atoms with Gasteiger partial charge in [-0.3, -0.25) is 4.79 Å². The van der Waals surface area contributed by atoms with Crippen molar-refractivity contribution in [2.75, 3.05) is 11.1 Å². The van der Waals surface area contributed by atoms with Gasteiger partial charge in [-0.05, 0) is 30.3 Å². The molecule has 6 N–H and O–H groups in total. The van der Waals surface area contributed by atoms with Gasteiger partial charge in [-0.1, -0.05) is 0 Å². The van der Waals surface area contributed by atoms with E-state index in [4.69, 9.17) is 11.5 Å². The van der Waals surface area contributed by atoms with Crippen molar-refractivity contribution in [3.05, 3.63) is 47.7 Å². The van der Waals surface area contributed by atoms with E-state index in [0.717, 1.165) is 0 Å². The summed E-state index contributed by atoms with van der Waals surface area (Å²) in [5, 5.41) is 12.6. The van der Waals surface area contributed by atoms with Crippen LogP contribution in [0.4, 0.5) is 11.5 Å². The number of aromatic nitrogens is 1. The molecular weight excluding hydrogens is 244 g/mol. The van der Waals surface area contributed by atoms with Crippen LogP contribution >= 0.6 is 0 Å². The van der Waals surface area contributed by atoms with Gasteiger partial charge in [0, 0.05) is 24.0 Å². The minimum atomic E-state index is -0.563. The lowest BCUT2D eigenvalue weighted by Gasteiger charge is -2.10. The van der Waals surface area contributed by atoms with Crippen LogP contribution in [-0.4, -0.2) is 16.0 Å². The van der Waals surface area contributed by atoms with E-state index >= 15 is 0 Å². The topological polar surface area (TPSA) is 114 Å². The van der Waals surface area contributed by atoms with Gasteiger partial charge in [-0.25, -0.2) is 4.98 Å². The van der Waals surface area contributed by atoms with Crippen LogP contribution in [0, 0.1) is 0 Å². The molecule has 0 bridgehead atoms. The quantitative estimate of drug-likeness (QED) is 0.484. The lowest BCUT2D eigenvalue weighted by Crippen LogP contribution is -2.15. The maximum absolute atomic E-state index is 11.2. The zero-order chi connectivity index (χ0) is 13.8. The Kier molecular flexibility index (Phi) is 3.51. The number of phenols is 1. The summed E-state index contributed by atoms with van der Waals surface area (Å²) in [7, 11) is 0. The van der Waals surface area contributed by atoms with Crippen molar-refractivity contribution < 1.29 is 9.90 Å². The maximum atomic E-state index is 11.2. The minimum absolute atomic E-state index is 0.123. The Morgan fingerprint density at radius 3 is 2.89 bits per heavy atom. The number of nitrogens with zero attached hydrogens (tertiary/aromatic N) is 1. The second kappa shape index (κ2) is 5.26. The van der Waals surface area contributed by atoms with Gasteiger partial charge >= 0.3 is 0 Å². The fourth-order valence-electron chi connectivity index (χ4n) is 1.67. The molecule has 19 heavy (non-hydrogen) atoms. The number of carbonyl (C=O) groups excluding carboxylic acids is 1. The van der Waals surface area contributed by atoms with Crippen molar-refractivity contribution in [2.24, 2.45) is 5.73 Å². The molecule has 98 valence electrons. The van der Waals surface area contributed by atoms with Crippen LogP contribution in [0.1, 0.15) is 15.9 Å². The molecule has 6 heteroatoms. The molecule has 1 heterocycles. The Hall–Kier alpha value is -2.76. The number of nitrogens with two attached hydrogens (primary N) is 2. The Morgan fingerprint density at radius 2 is 2.16 bits per heavy atom. The zero-order valence-electron chi connectivity index (χ0n) is 10.1. The van der Waals surface area contributed by atoms with Gasteiger partial charge in [0.15, 0.2) is 0 Å². The number of anilines is 2. The highest BCUT2D eigenvalue weighted by Crippen LogP contribution is 2.21. The number of primary amides is 1. The second-order valence-corrected chi connectivity index (χ2v) is 4.01. The van der Waals surface area contributed by atoms with Crippen LogP contribution in [0.15, 0.2) is 36.5 Å². The lowest BCUT2D eigenvalue weighted by atomic mass is 10.1. The number of nitrogens with one attached hydrogen (secondary N) is 1. The highest BCUT2D eigenvalue weighted by Gasteiger charge is 2.09. The number of phenolic OH excluding ortho intramolecular Hbond substituents is 1. The molecule has 2 rings (SSSR count). The summed E-state index contributed by atoms with van der Waals surface area (Å²) in [6, 6.07) is 7.98. The highest BCUT2D eigenvalue weighted by atomic mass is 16.3. The number of nitrogen functional groups attached to an aromatic ring is 1. The van der Waals surface area contributed by atoms with Crippen LogP contribution < -0.4 is 16.8 Å². The number of hydrogen-bond acceptors (Lipinski definition) is 5. The molecule has 0 aliphatic carbocycles. The molecule has 1 amide bonds. The van der Waals surface area contributed by atoms with Crippen molar-refractivity contribution in [1.29, 1.82) is 0 Å². The average molecular weight is 258 g/mol. The van der Waals surface area contributed by atoms with E-state index < -0.39 is 5.91 Å². The summed E-state index contributed by atoms with van der Waals surface area (Å²) in [6.07, 6.45) is 1.55. The largest absolute Gasteiger partial charge is 0.508 e. The van der Waals surface area contributed by atoms with E-state index in [1.54, 1.807) is 30.5 Å². The number of pyridine rings is 1. The Balaban J connectivity index is 2.19. The van der Waals surface area contributed by atoms with Crippen molar-refractivity contribution in [1.82, 2.24) is 4.98 Å². The normalized spacial score (nSPS) is 10.1. The van der Waals surface area contributed by atoms with Crippen molar-refractivity contribution >= 4 is 17.4 Å². The molecule has 0 saturated carbocycles. The van der Waals surface area contributed by atoms with E-state index in [-0.39, 0.29) is 12.3 Å².